The lowest BCUT2D eigenvalue weighted by molar-refractivity contribution is 0.0672. The topological polar surface area (TPSA) is 42.4 Å². The highest BCUT2D eigenvalue weighted by Gasteiger charge is 2.27. The highest BCUT2D eigenvalue weighted by molar-refractivity contribution is 5.25. The molecule has 1 aliphatic rings. The highest BCUT2D eigenvalue weighted by Crippen LogP contribution is 2.38. The smallest absolute Gasteiger partial charge is 0.138 e. The first kappa shape index (κ1) is 15.3. The molecular formula is C17H27NO2. The number of ether oxygens (including phenoxy) is 1. The molecule has 1 aliphatic carbocycles. The van der Waals surface area contributed by atoms with E-state index in [4.69, 9.17) is 4.74 Å². The molecule has 0 saturated heterocycles. The van der Waals surface area contributed by atoms with Gasteiger partial charge in [0.25, 0.3) is 0 Å². The summed E-state index contributed by atoms with van der Waals surface area (Å²) < 4.78 is 5.66. The van der Waals surface area contributed by atoms with Crippen LogP contribution in [0.3, 0.4) is 0 Å². The van der Waals surface area contributed by atoms with Crippen molar-refractivity contribution in [1.82, 2.24) is 4.98 Å². The molecule has 1 N–H and O–H groups in total. The summed E-state index contributed by atoms with van der Waals surface area (Å²) in [6.07, 6.45) is 9.22. The monoisotopic (exact) mass is 277 g/mol. The molecule has 3 nitrogen and oxygen atoms in total. The highest BCUT2D eigenvalue weighted by atomic mass is 16.5. The van der Waals surface area contributed by atoms with Gasteiger partial charge in [-0.2, -0.15) is 0 Å². The lowest BCUT2D eigenvalue weighted by Crippen LogP contribution is -2.21. The molecule has 3 heteroatoms. The van der Waals surface area contributed by atoms with E-state index in [-0.39, 0.29) is 6.10 Å². The van der Waals surface area contributed by atoms with E-state index in [0.29, 0.717) is 5.92 Å². The third-order valence-electron chi connectivity index (χ3n) is 4.29. The quantitative estimate of drug-likeness (QED) is 0.880. The van der Waals surface area contributed by atoms with Crippen molar-refractivity contribution in [3.8, 4) is 5.75 Å². The zero-order valence-corrected chi connectivity index (χ0v) is 12.9. The van der Waals surface area contributed by atoms with Gasteiger partial charge in [-0.3, -0.25) is 4.98 Å². The van der Waals surface area contributed by atoms with Crippen LogP contribution in [0.15, 0.2) is 18.5 Å². The van der Waals surface area contributed by atoms with Crippen LogP contribution in [0.2, 0.25) is 0 Å². The molecule has 112 valence electrons. The number of hydrogen-bond acceptors (Lipinski definition) is 3. The predicted molar refractivity (Wildman–Crippen MR) is 80.7 cm³/mol. The summed E-state index contributed by atoms with van der Waals surface area (Å²) in [5.41, 5.74) is 0.893. The number of rotatable bonds is 5. The molecule has 1 aromatic heterocycles. The van der Waals surface area contributed by atoms with Gasteiger partial charge in [-0.15, -0.1) is 0 Å². The zero-order valence-electron chi connectivity index (χ0n) is 12.9. The van der Waals surface area contributed by atoms with E-state index >= 15 is 0 Å². The molecule has 3 atom stereocenters. The molecular weight excluding hydrogens is 250 g/mol. The summed E-state index contributed by atoms with van der Waals surface area (Å²) >= 11 is 0. The average molecular weight is 277 g/mol. The third-order valence-corrected chi connectivity index (χ3v) is 4.29. The number of aliphatic hydroxyl groups is 1. The van der Waals surface area contributed by atoms with Gasteiger partial charge in [0.15, 0.2) is 0 Å². The normalized spacial score (nSPS) is 24.6. The van der Waals surface area contributed by atoms with Gasteiger partial charge in [0, 0.05) is 11.8 Å². The summed E-state index contributed by atoms with van der Waals surface area (Å²) in [5, 5.41) is 10.6. The number of aliphatic hydroxyl groups excluding tert-OH is 1. The number of hydrogen-bond donors (Lipinski definition) is 1. The van der Waals surface area contributed by atoms with Gasteiger partial charge in [-0.25, -0.2) is 0 Å². The maximum atomic E-state index is 10.6. The Morgan fingerprint density at radius 1 is 1.35 bits per heavy atom. The van der Waals surface area contributed by atoms with Crippen LogP contribution in [0.25, 0.3) is 0 Å². The van der Waals surface area contributed by atoms with Crippen LogP contribution >= 0.6 is 0 Å². The fraction of sp³-hybridized carbons (Fsp3) is 0.706. The van der Waals surface area contributed by atoms with E-state index in [2.05, 4.69) is 11.9 Å². The molecule has 1 saturated carbocycles. The minimum absolute atomic E-state index is 0.128. The Kier molecular flexibility index (Phi) is 5.41. The molecule has 0 radical (unpaired) electrons. The molecule has 20 heavy (non-hydrogen) atoms. The van der Waals surface area contributed by atoms with Crippen LogP contribution in [0.1, 0.15) is 64.5 Å². The SMILES string of the molecule is CCC1CCCC(C(O)c2cncc(OC(C)C)c2)C1. The lowest BCUT2D eigenvalue weighted by Gasteiger charge is -2.31. The van der Waals surface area contributed by atoms with Gasteiger partial charge in [0.05, 0.1) is 18.4 Å². The Morgan fingerprint density at radius 3 is 2.85 bits per heavy atom. The van der Waals surface area contributed by atoms with E-state index < -0.39 is 6.10 Å². The van der Waals surface area contributed by atoms with Gasteiger partial charge < -0.3 is 9.84 Å². The van der Waals surface area contributed by atoms with Crippen LogP contribution in [0.4, 0.5) is 0 Å². The minimum Gasteiger partial charge on any atom is -0.489 e. The molecule has 1 aromatic rings. The van der Waals surface area contributed by atoms with Crippen molar-refractivity contribution in [3.63, 3.8) is 0 Å². The minimum atomic E-state index is -0.410. The van der Waals surface area contributed by atoms with Crippen molar-refractivity contribution in [2.75, 3.05) is 0 Å². The van der Waals surface area contributed by atoms with Gasteiger partial charge in [-0.05, 0) is 44.6 Å². The summed E-state index contributed by atoms with van der Waals surface area (Å²) in [6, 6.07) is 1.94. The Bertz CT molecular complexity index is 419. The van der Waals surface area contributed by atoms with Crippen molar-refractivity contribution >= 4 is 0 Å². The maximum absolute atomic E-state index is 10.6. The molecule has 0 aliphatic heterocycles. The molecule has 2 rings (SSSR count). The van der Waals surface area contributed by atoms with E-state index in [9.17, 15) is 5.11 Å². The standard InChI is InChI=1S/C17H27NO2/c1-4-13-6-5-7-14(8-13)17(19)15-9-16(11-18-10-15)20-12(2)3/h9-14,17,19H,4-8H2,1-3H3. The number of pyridine rings is 1. The second kappa shape index (κ2) is 7.07. The van der Waals surface area contributed by atoms with E-state index in [1.807, 2.05) is 19.9 Å². The summed E-state index contributed by atoms with van der Waals surface area (Å²) in [7, 11) is 0. The first-order chi connectivity index (χ1) is 9.60. The fourth-order valence-corrected chi connectivity index (χ4v) is 3.20. The van der Waals surface area contributed by atoms with Crippen molar-refractivity contribution in [2.24, 2.45) is 11.8 Å². The van der Waals surface area contributed by atoms with Gasteiger partial charge in [-0.1, -0.05) is 26.2 Å². The Hall–Kier alpha value is -1.09. The van der Waals surface area contributed by atoms with Crippen LogP contribution in [-0.4, -0.2) is 16.2 Å². The van der Waals surface area contributed by atoms with E-state index in [0.717, 1.165) is 30.1 Å². The number of nitrogens with zero attached hydrogens (tertiary/aromatic N) is 1. The molecule has 1 heterocycles. The van der Waals surface area contributed by atoms with Crippen molar-refractivity contribution < 1.29 is 9.84 Å². The second-order valence-electron chi connectivity index (χ2n) is 6.27. The van der Waals surface area contributed by atoms with Crippen molar-refractivity contribution in [3.05, 3.63) is 24.0 Å². The van der Waals surface area contributed by atoms with E-state index in [1.54, 1.807) is 12.4 Å². The van der Waals surface area contributed by atoms with E-state index in [1.165, 1.54) is 19.3 Å². The first-order valence-electron chi connectivity index (χ1n) is 7.89. The number of aromatic nitrogens is 1. The maximum Gasteiger partial charge on any atom is 0.138 e. The summed E-state index contributed by atoms with van der Waals surface area (Å²) in [6.45, 7) is 6.24. The van der Waals surface area contributed by atoms with Crippen LogP contribution in [0, 0.1) is 11.8 Å². The van der Waals surface area contributed by atoms with Crippen LogP contribution in [-0.2, 0) is 0 Å². The molecule has 0 bridgehead atoms. The van der Waals surface area contributed by atoms with Gasteiger partial charge >= 0.3 is 0 Å². The second-order valence-corrected chi connectivity index (χ2v) is 6.27. The first-order valence-corrected chi connectivity index (χ1v) is 7.89. The van der Waals surface area contributed by atoms with Crippen LogP contribution < -0.4 is 4.74 Å². The van der Waals surface area contributed by atoms with Crippen LogP contribution in [0.5, 0.6) is 5.75 Å². The molecule has 0 amide bonds. The fourth-order valence-electron chi connectivity index (χ4n) is 3.20. The Balaban J connectivity index is 2.06. The molecule has 0 aromatic carbocycles. The Morgan fingerprint density at radius 2 is 2.15 bits per heavy atom. The van der Waals surface area contributed by atoms with Crippen molar-refractivity contribution in [2.45, 2.75) is 65.1 Å². The van der Waals surface area contributed by atoms with Gasteiger partial charge in [0.1, 0.15) is 5.75 Å². The Labute approximate surface area is 122 Å². The summed E-state index contributed by atoms with van der Waals surface area (Å²) in [4.78, 5) is 4.21. The average Bonchev–Trinajstić information content (AvgIpc) is 2.46. The summed E-state index contributed by atoms with van der Waals surface area (Å²) in [5.74, 6) is 1.88. The largest absolute Gasteiger partial charge is 0.489 e. The molecule has 3 unspecified atom stereocenters. The van der Waals surface area contributed by atoms with Gasteiger partial charge in [0.2, 0.25) is 0 Å². The third kappa shape index (κ3) is 3.95. The molecule has 1 fully saturated rings. The van der Waals surface area contributed by atoms with Crippen molar-refractivity contribution in [1.29, 1.82) is 0 Å². The lowest BCUT2D eigenvalue weighted by atomic mass is 9.76. The predicted octanol–water partition coefficient (Wildman–Crippen LogP) is 4.12. The zero-order chi connectivity index (χ0) is 14.5. The molecule has 0 spiro atoms.